The quantitative estimate of drug-likeness (QED) is 0.226. The molecule has 0 bridgehead atoms. The van der Waals surface area contributed by atoms with E-state index in [1.807, 2.05) is 27.7 Å². The molecule has 0 saturated heterocycles. The van der Waals surface area contributed by atoms with E-state index in [0.29, 0.717) is 10.8 Å². The molecule has 0 saturated carbocycles. The smallest absolute Gasteiger partial charge is 0.0411 e. The Labute approximate surface area is 293 Å². The Balaban J connectivity index is -0.00000000534. The molecule has 2 heteroatoms. The van der Waals surface area contributed by atoms with E-state index in [1.54, 1.807) is 0 Å². The fraction of sp³-hybridized carbons (Fsp3) is 1.00. The van der Waals surface area contributed by atoms with Crippen LogP contribution in [0.25, 0.3) is 0 Å². The second-order valence-corrected chi connectivity index (χ2v) is 24.7. The summed E-state index contributed by atoms with van der Waals surface area (Å²) in [5.74, 6) is 0. The first-order chi connectivity index (χ1) is 11.4. The molecule has 0 aromatic heterocycles. The maximum absolute atomic E-state index is 2.33. The van der Waals surface area contributed by atoms with E-state index in [1.165, 1.54) is 6.42 Å². The lowest BCUT2D eigenvalue weighted by molar-refractivity contribution is 0.469. The van der Waals surface area contributed by atoms with Gasteiger partial charge in [0.1, 0.15) is 0 Å². The largest absolute Gasteiger partial charge is 0.0776 e. The monoisotopic (exact) mass is 665 g/mol. The minimum atomic E-state index is -0.611. The minimum Gasteiger partial charge on any atom is -0.0776 e. The van der Waals surface area contributed by atoms with E-state index in [2.05, 4.69) is 122 Å². The van der Waals surface area contributed by atoms with Crippen molar-refractivity contribution in [2.24, 2.45) is 10.8 Å². The molecule has 0 fully saturated rings. The van der Waals surface area contributed by atoms with Crippen LogP contribution in [0.1, 0.15) is 215 Å². The van der Waals surface area contributed by atoms with Gasteiger partial charge in [-0.05, 0) is 10.8 Å². The maximum Gasteiger partial charge on any atom is 0.0411 e. The number of rotatable bonds is 0. The molecule has 0 unspecified atom stereocenters. The van der Waals surface area contributed by atoms with Gasteiger partial charge in [0.2, 0.25) is 0 Å². The van der Waals surface area contributed by atoms with Crippen LogP contribution >= 0.6 is 0 Å². The van der Waals surface area contributed by atoms with Crippen LogP contribution in [-0.2, 0) is 0 Å². The van der Waals surface area contributed by atoms with Crippen molar-refractivity contribution in [2.75, 3.05) is 0 Å². The average molecular weight is 666 g/mol. The highest BCUT2D eigenvalue weighted by Gasteiger charge is 1.99. The van der Waals surface area contributed by atoms with E-state index in [4.69, 9.17) is 0 Å². The van der Waals surface area contributed by atoms with Crippen molar-refractivity contribution in [3.05, 3.63) is 0 Å². The fourth-order valence-electron chi connectivity index (χ4n) is 0. The molecule has 0 atom stereocenters. The van der Waals surface area contributed by atoms with Gasteiger partial charge in [0, 0.05) is 16.1 Å². The molecular formula is C40H128Si2. The molecule has 0 N–H and O–H groups in total. The van der Waals surface area contributed by atoms with Crippen LogP contribution in [0.3, 0.4) is 0 Å². The molecule has 0 aliphatic carbocycles. The first-order valence-corrected chi connectivity index (χ1v) is 19.4. The lowest BCUT2D eigenvalue weighted by Crippen LogP contribution is -2.10. The highest BCUT2D eigenvalue weighted by Crippen LogP contribution is 2.08. The molecule has 0 aliphatic rings. The molecule has 0 radical (unpaired) electrons. The average Bonchev–Trinajstić information content (AvgIpc) is 2.25. The van der Waals surface area contributed by atoms with Crippen LogP contribution in [0.2, 0.25) is 52.4 Å². The summed E-state index contributed by atoms with van der Waals surface area (Å²) in [7, 11) is -1.22. The molecule has 0 rings (SSSR count). The second-order valence-electron chi connectivity index (χ2n) is 12.7. The van der Waals surface area contributed by atoms with E-state index in [0.717, 1.165) is 0 Å². The number of hydrogen-bond donors (Lipinski definition) is 0. The van der Waals surface area contributed by atoms with Crippen molar-refractivity contribution in [1.29, 1.82) is 0 Å². The summed E-state index contributed by atoms with van der Waals surface area (Å²) in [5.41, 5.74) is 1.00. The summed E-state index contributed by atoms with van der Waals surface area (Å²) in [6, 6.07) is 0. The van der Waals surface area contributed by atoms with E-state index >= 15 is 0 Å². The maximum atomic E-state index is 2.33. The van der Waals surface area contributed by atoms with Crippen LogP contribution in [0.4, 0.5) is 0 Å². The van der Waals surface area contributed by atoms with Crippen LogP contribution in [-0.4, -0.2) is 16.1 Å². The summed E-state index contributed by atoms with van der Waals surface area (Å²) in [4.78, 5) is 0. The molecular weight excluding hydrogens is 537 g/mol. The SMILES string of the molecule is C.C.C.C.C.C.C.C.C.C.C.C.C.C.C.CC.CC.CC(C)(C)C.CC(C)(C)C.CCC.C[Si](C)(C)C.C[Si](C)(C)C. The third-order valence-electron chi connectivity index (χ3n) is 0. The molecule has 0 spiro atoms. The highest BCUT2D eigenvalue weighted by molar-refractivity contribution is 6.75. The van der Waals surface area contributed by atoms with Gasteiger partial charge in [0.15, 0.2) is 0 Å². The van der Waals surface area contributed by atoms with Crippen LogP contribution in [0.5, 0.6) is 0 Å². The second kappa shape index (κ2) is 105. The molecule has 0 aliphatic heterocycles. The van der Waals surface area contributed by atoms with Crippen molar-refractivity contribution < 1.29 is 0 Å². The van der Waals surface area contributed by atoms with Gasteiger partial charge in [-0.3, -0.25) is 0 Å². The van der Waals surface area contributed by atoms with Gasteiger partial charge in [-0.15, -0.1) is 0 Å². The molecule has 0 heterocycles. The summed E-state index contributed by atoms with van der Waals surface area (Å²) < 4.78 is 0. The van der Waals surface area contributed by atoms with E-state index in [-0.39, 0.29) is 111 Å². The van der Waals surface area contributed by atoms with Crippen molar-refractivity contribution in [1.82, 2.24) is 0 Å². The Morgan fingerprint density at radius 3 is 0.286 bits per heavy atom. The van der Waals surface area contributed by atoms with Crippen LogP contribution < -0.4 is 0 Å². The lowest BCUT2D eigenvalue weighted by Gasteiger charge is -2.05. The Kier molecular flexibility index (Phi) is 435. The Morgan fingerprint density at radius 2 is 0.286 bits per heavy atom. The van der Waals surface area contributed by atoms with Crippen molar-refractivity contribution in [3.8, 4) is 0 Å². The zero-order valence-corrected chi connectivity index (χ0v) is 26.7. The Hall–Kier alpha value is 0.434. The van der Waals surface area contributed by atoms with Gasteiger partial charge in [-0.2, -0.15) is 0 Å². The molecule has 42 heavy (non-hydrogen) atoms. The first kappa shape index (κ1) is 174. The highest BCUT2D eigenvalue weighted by atomic mass is 28.3. The topological polar surface area (TPSA) is 0 Å². The zero-order chi connectivity index (χ0) is 24.7. The zero-order valence-electron chi connectivity index (χ0n) is 24.7. The van der Waals surface area contributed by atoms with Gasteiger partial charge in [0.05, 0.1) is 0 Å². The summed E-state index contributed by atoms with van der Waals surface area (Å²) in [6.45, 7) is 48.4. The molecule has 0 nitrogen and oxygen atoms in total. The summed E-state index contributed by atoms with van der Waals surface area (Å²) in [5, 5.41) is 0. The van der Waals surface area contributed by atoms with Gasteiger partial charge in [0.25, 0.3) is 0 Å². The Morgan fingerprint density at radius 1 is 0.286 bits per heavy atom. The molecule has 0 aromatic rings. The van der Waals surface area contributed by atoms with E-state index in [9.17, 15) is 0 Å². The predicted octanol–water partition coefficient (Wildman–Crippen LogP) is 21.0. The van der Waals surface area contributed by atoms with E-state index < -0.39 is 16.1 Å². The van der Waals surface area contributed by atoms with Crippen LogP contribution in [0.15, 0.2) is 0 Å². The van der Waals surface area contributed by atoms with Crippen molar-refractivity contribution in [2.45, 2.75) is 267 Å². The third-order valence-corrected chi connectivity index (χ3v) is 0. The van der Waals surface area contributed by atoms with Gasteiger partial charge in [-0.25, -0.2) is 0 Å². The minimum absolute atomic E-state index is 0. The molecule has 0 aromatic carbocycles. The normalized spacial score (nSPS) is 6.43. The van der Waals surface area contributed by atoms with Crippen molar-refractivity contribution in [3.63, 3.8) is 0 Å². The van der Waals surface area contributed by atoms with Gasteiger partial charge < -0.3 is 0 Å². The lowest BCUT2D eigenvalue weighted by atomic mass is 10.0. The first-order valence-electron chi connectivity index (χ1n) is 11.4. The van der Waals surface area contributed by atoms with Crippen molar-refractivity contribution >= 4 is 16.1 Å². The van der Waals surface area contributed by atoms with Gasteiger partial charge in [-0.1, -0.05) is 267 Å². The fourth-order valence-corrected chi connectivity index (χ4v) is 0. The summed E-state index contributed by atoms with van der Waals surface area (Å²) >= 11 is 0. The molecule has 0 amide bonds. The Bertz CT molecular complexity index is 134. The van der Waals surface area contributed by atoms with Crippen LogP contribution in [0, 0.1) is 10.8 Å². The third kappa shape index (κ3) is 334000. The molecule has 296 valence electrons. The number of hydrogen-bond acceptors (Lipinski definition) is 0. The van der Waals surface area contributed by atoms with Gasteiger partial charge >= 0.3 is 0 Å². The standard InChI is InChI=1S/2C5H12.2C4H12Si.C3H8.2C2H6.15CH4/c4*1-5(2,3)4;1-3-2;2*1-2;;;;;;;;;;;;;;;/h4*1-4H3;3H2,1-2H3;2*1-2H3;15*1H4. The predicted molar refractivity (Wildman–Crippen MR) is 248 cm³/mol. The summed E-state index contributed by atoms with van der Waals surface area (Å²) in [6.07, 6.45) is 1.25.